The average Bonchev–Trinajstić information content (AvgIpc) is 2.83. The largest absolute Gasteiger partial charge is 0.450 e. The number of carbonyl (C=O) groups is 2. The molecule has 0 aromatic carbocycles. The highest BCUT2D eigenvalue weighted by molar-refractivity contribution is 6.76. The van der Waals surface area contributed by atoms with E-state index in [0.717, 1.165) is 18.9 Å². The first-order valence-corrected chi connectivity index (χ1v) is 13.7. The number of likely N-dealkylation sites (tertiary alicyclic amines) is 1. The SMILES string of the molecule is CC(C)(C)OC(=O)N1[C@@H]2CC[C@H]1[C@@H](CCO)N(C(=O)OCC[Si](C)(C)C)C2. The van der Waals surface area contributed by atoms with Crippen molar-refractivity contribution in [3.8, 4) is 0 Å². The van der Waals surface area contributed by atoms with Gasteiger partial charge in [-0.15, -0.1) is 0 Å². The lowest BCUT2D eigenvalue weighted by Gasteiger charge is -2.46. The molecule has 2 aliphatic rings. The number of rotatable bonds is 5. The summed E-state index contributed by atoms with van der Waals surface area (Å²) in [5.41, 5.74) is -0.560. The Balaban J connectivity index is 2.08. The van der Waals surface area contributed by atoms with Crippen LogP contribution in [-0.4, -0.2) is 78.7 Å². The molecule has 0 saturated carbocycles. The van der Waals surface area contributed by atoms with Crippen LogP contribution in [0.15, 0.2) is 0 Å². The first-order chi connectivity index (χ1) is 12.4. The highest BCUT2D eigenvalue weighted by atomic mass is 28.3. The van der Waals surface area contributed by atoms with Crippen LogP contribution in [0.5, 0.6) is 0 Å². The van der Waals surface area contributed by atoms with Crippen molar-refractivity contribution < 1.29 is 24.2 Å². The Morgan fingerprint density at radius 2 is 1.81 bits per heavy atom. The Bertz CT molecular complexity index is 543. The minimum absolute atomic E-state index is 0.0350. The van der Waals surface area contributed by atoms with Crippen LogP contribution in [0.2, 0.25) is 25.7 Å². The van der Waals surface area contributed by atoms with Crippen molar-refractivity contribution in [2.75, 3.05) is 19.8 Å². The van der Waals surface area contributed by atoms with Gasteiger partial charge < -0.3 is 19.5 Å². The highest BCUT2D eigenvalue weighted by Gasteiger charge is 2.51. The maximum atomic E-state index is 12.7. The first kappa shape index (κ1) is 22.0. The number of amides is 2. The Labute approximate surface area is 164 Å². The maximum absolute atomic E-state index is 12.7. The smallest absolute Gasteiger partial charge is 0.410 e. The molecule has 156 valence electrons. The number of fused-ring (bicyclic) bond motifs is 2. The van der Waals surface area contributed by atoms with Gasteiger partial charge in [0.15, 0.2) is 0 Å². The third-order valence-corrected chi connectivity index (χ3v) is 6.84. The lowest BCUT2D eigenvalue weighted by Crippen LogP contribution is -2.63. The number of nitrogens with zero attached hydrogens (tertiary/aromatic N) is 2. The molecule has 0 radical (unpaired) electrons. The lowest BCUT2D eigenvalue weighted by molar-refractivity contribution is -0.0255. The molecule has 8 heteroatoms. The number of aliphatic hydroxyl groups excluding tert-OH is 1. The molecule has 0 unspecified atom stereocenters. The topological polar surface area (TPSA) is 79.3 Å². The van der Waals surface area contributed by atoms with Gasteiger partial charge in [-0.3, -0.25) is 4.90 Å². The zero-order valence-electron chi connectivity index (χ0n) is 17.7. The molecule has 2 fully saturated rings. The summed E-state index contributed by atoms with van der Waals surface area (Å²) in [5, 5.41) is 9.53. The lowest BCUT2D eigenvalue weighted by atomic mass is 10.0. The number of ether oxygens (including phenoxy) is 2. The molecule has 2 bridgehead atoms. The summed E-state index contributed by atoms with van der Waals surface area (Å²) < 4.78 is 11.1. The van der Waals surface area contributed by atoms with Crippen LogP contribution in [-0.2, 0) is 9.47 Å². The van der Waals surface area contributed by atoms with Crippen molar-refractivity contribution in [2.24, 2.45) is 0 Å². The normalized spacial score (nSPS) is 25.5. The van der Waals surface area contributed by atoms with Crippen LogP contribution in [0.25, 0.3) is 0 Å². The minimum Gasteiger partial charge on any atom is -0.450 e. The standard InChI is InChI=1S/C19H36N2O5Si/c1-19(2,3)26-18(24)21-14-7-8-16(21)15(9-10-22)20(13-14)17(23)25-11-12-27(4,5)6/h14-16,22H,7-13H2,1-6H3/t14-,15-,16+/m1/s1. The van der Waals surface area contributed by atoms with Crippen molar-refractivity contribution in [1.29, 1.82) is 0 Å². The summed E-state index contributed by atoms with van der Waals surface area (Å²) in [6.07, 6.45) is 1.43. The number of hydrogen-bond donors (Lipinski definition) is 1. The second-order valence-electron chi connectivity index (χ2n) is 9.84. The van der Waals surface area contributed by atoms with Crippen LogP contribution in [0.4, 0.5) is 9.59 Å². The Morgan fingerprint density at radius 1 is 1.15 bits per heavy atom. The molecule has 2 rings (SSSR count). The first-order valence-electron chi connectivity index (χ1n) is 9.98. The molecule has 7 nitrogen and oxygen atoms in total. The molecular formula is C19H36N2O5Si. The highest BCUT2D eigenvalue weighted by Crippen LogP contribution is 2.37. The molecule has 2 aliphatic heterocycles. The zero-order valence-corrected chi connectivity index (χ0v) is 18.7. The Hall–Kier alpha value is -1.28. The van der Waals surface area contributed by atoms with Gasteiger partial charge >= 0.3 is 12.2 Å². The minimum atomic E-state index is -1.27. The third kappa shape index (κ3) is 5.84. The quantitative estimate of drug-likeness (QED) is 0.716. The van der Waals surface area contributed by atoms with E-state index in [4.69, 9.17) is 9.47 Å². The fraction of sp³-hybridized carbons (Fsp3) is 0.895. The van der Waals surface area contributed by atoms with Crippen molar-refractivity contribution in [3.05, 3.63) is 0 Å². The predicted molar refractivity (Wildman–Crippen MR) is 107 cm³/mol. The second-order valence-corrected chi connectivity index (χ2v) is 15.5. The number of aliphatic hydroxyl groups is 1. The van der Waals surface area contributed by atoms with Gasteiger partial charge in [0.2, 0.25) is 0 Å². The van der Waals surface area contributed by atoms with E-state index >= 15 is 0 Å². The summed E-state index contributed by atoms with van der Waals surface area (Å²) in [7, 11) is -1.27. The van der Waals surface area contributed by atoms with Gasteiger partial charge in [-0.25, -0.2) is 9.59 Å². The maximum Gasteiger partial charge on any atom is 0.410 e. The fourth-order valence-electron chi connectivity index (χ4n) is 3.86. The molecule has 0 spiro atoms. The van der Waals surface area contributed by atoms with E-state index in [-0.39, 0.29) is 36.9 Å². The zero-order chi connectivity index (χ0) is 20.4. The van der Waals surface area contributed by atoms with Crippen molar-refractivity contribution in [3.63, 3.8) is 0 Å². The molecule has 2 heterocycles. The van der Waals surface area contributed by atoms with Gasteiger partial charge in [0.1, 0.15) is 5.60 Å². The Morgan fingerprint density at radius 3 is 2.37 bits per heavy atom. The summed E-state index contributed by atoms with van der Waals surface area (Å²) in [5.74, 6) is 0. The van der Waals surface area contributed by atoms with Gasteiger partial charge in [-0.2, -0.15) is 0 Å². The number of carbonyl (C=O) groups excluding carboxylic acids is 2. The van der Waals surface area contributed by atoms with Crippen LogP contribution in [0, 0.1) is 0 Å². The van der Waals surface area contributed by atoms with Crippen LogP contribution >= 0.6 is 0 Å². The molecule has 2 saturated heterocycles. The van der Waals surface area contributed by atoms with E-state index in [1.807, 2.05) is 20.8 Å². The second kappa shape index (κ2) is 8.39. The van der Waals surface area contributed by atoms with Crippen molar-refractivity contribution >= 4 is 20.3 Å². The average molecular weight is 401 g/mol. The summed E-state index contributed by atoms with van der Waals surface area (Å²) in [4.78, 5) is 28.9. The van der Waals surface area contributed by atoms with Crippen molar-refractivity contribution in [1.82, 2.24) is 9.80 Å². The Kier molecular flexibility index (Phi) is 6.84. The molecular weight excluding hydrogens is 364 g/mol. The van der Waals surface area contributed by atoms with Crippen LogP contribution in [0.3, 0.4) is 0 Å². The van der Waals surface area contributed by atoms with Gasteiger partial charge in [-0.05, 0) is 46.1 Å². The van der Waals surface area contributed by atoms with Gasteiger partial charge in [-0.1, -0.05) is 19.6 Å². The van der Waals surface area contributed by atoms with Gasteiger partial charge in [0.05, 0.1) is 24.7 Å². The number of hydrogen-bond acceptors (Lipinski definition) is 5. The molecule has 0 aliphatic carbocycles. The molecule has 0 aromatic heterocycles. The van der Waals surface area contributed by atoms with Gasteiger partial charge in [0, 0.05) is 21.2 Å². The van der Waals surface area contributed by atoms with Crippen LogP contribution in [0.1, 0.15) is 40.0 Å². The predicted octanol–water partition coefficient (Wildman–Crippen LogP) is 3.30. The van der Waals surface area contributed by atoms with E-state index in [9.17, 15) is 14.7 Å². The summed E-state index contributed by atoms with van der Waals surface area (Å²) in [6, 6.07) is 0.508. The van der Waals surface area contributed by atoms with E-state index in [0.29, 0.717) is 19.6 Å². The molecule has 27 heavy (non-hydrogen) atoms. The summed E-state index contributed by atoms with van der Waals surface area (Å²) in [6.45, 7) is 13.1. The molecule has 0 aromatic rings. The molecule has 2 amide bonds. The summed E-state index contributed by atoms with van der Waals surface area (Å²) >= 11 is 0. The van der Waals surface area contributed by atoms with E-state index in [1.165, 1.54) is 0 Å². The molecule has 1 N–H and O–H groups in total. The van der Waals surface area contributed by atoms with Crippen molar-refractivity contribution in [2.45, 2.75) is 89.4 Å². The van der Waals surface area contributed by atoms with E-state index < -0.39 is 13.7 Å². The van der Waals surface area contributed by atoms with E-state index in [2.05, 4.69) is 19.6 Å². The molecule has 3 atom stereocenters. The number of piperazine rings is 1. The van der Waals surface area contributed by atoms with E-state index in [1.54, 1.807) is 9.80 Å². The monoisotopic (exact) mass is 400 g/mol. The van der Waals surface area contributed by atoms with Crippen LogP contribution < -0.4 is 0 Å². The third-order valence-electron chi connectivity index (χ3n) is 5.14. The fourth-order valence-corrected chi connectivity index (χ4v) is 4.57. The van der Waals surface area contributed by atoms with Gasteiger partial charge in [0.25, 0.3) is 0 Å².